The summed E-state index contributed by atoms with van der Waals surface area (Å²) < 4.78 is 6.64. The first-order valence-corrected chi connectivity index (χ1v) is 9.15. The van der Waals surface area contributed by atoms with E-state index in [4.69, 9.17) is 4.74 Å². The molecule has 0 bridgehead atoms. The van der Waals surface area contributed by atoms with E-state index in [1.807, 2.05) is 18.2 Å². The lowest BCUT2D eigenvalue weighted by Crippen LogP contribution is -2.54. The maximum atomic E-state index is 13.0. The van der Waals surface area contributed by atoms with E-state index < -0.39 is 10.5 Å². The predicted octanol–water partition coefficient (Wildman–Crippen LogP) is 1.88. The molecule has 0 radical (unpaired) electrons. The van der Waals surface area contributed by atoms with Crippen molar-refractivity contribution >= 4 is 11.6 Å². The first-order chi connectivity index (χ1) is 13.3. The number of carbonyl (C=O) groups excluding carboxylic acids is 1. The van der Waals surface area contributed by atoms with E-state index in [1.165, 1.54) is 22.6 Å². The third kappa shape index (κ3) is 4.14. The van der Waals surface area contributed by atoms with E-state index in [2.05, 4.69) is 16.1 Å². The molecule has 28 heavy (non-hydrogen) atoms. The summed E-state index contributed by atoms with van der Waals surface area (Å²) in [5.74, 6) is 0.743. The molecule has 0 N–H and O–H groups in total. The Morgan fingerprint density at radius 1 is 1.29 bits per heavy atom. The minimum absolute atomic E-state index is 0.0912. The maximum Gasteiger partial charge on any atom is 0.307 e. The van der Waals surface area contributed by atoms with Crippen LogP contribution < -0.4 is 4.74 Å². The van der Waals surface area contributed by atoms with Gasteiger partial charge in [-0.15, -0.1) is 0 Å². The van der Waals surface area contributed by atoms with Crippen LogP contribution in [0.3, 0.4) is 0 Å². The van der Waals surface area contributed by atoms with Crippen LogP contribution in [0.15, 0.2) is 36.7 Å². The van der Waals surface area contributed by atoms with E-state index in [-0.39, 0.29) is 11.6 Å². The molecule has 2 aromatic rings. The van der Waals surface area contributed by atoms with Crippen molar-refractivity contribution in [1.82, 2.24) is 19.6 Å². The molecule has 1 fully saturated rings. The van der Waals surface area contributed by atoms with Crippen molar-refractivity contribution in [1.29, 1.82) is 0 Å². The van der Waals surface area contributed by atoms with Crippen molar-refractivity contribution in [3.05, 3.63) is 52.3 Å². The van der Waals surface area contributed by atoms with Crippen molar-refractivity contribution in [3.8, 4) is 5.75 Å². The van der Waals surface area contributed by atoms with Crippen LogP contribution in [0.4, 0.5) is 5.69 Å². The van der Waals surface area contributed by atoms with E-state index >= 15 is 0 Å². The van der Waals surface area contributed by atoms with Gasteiger partial charge in [0.1, 0.15) is 23.7 Å². The monoisotopic (exact) mass is 387 g/mol. The normalized spacial score (nSPS) is 15.5. The first kappa shape index (κ1) is 19.8. The van der Waals surface area contributed by atoms with Gasteiger partial charge in [0.2, 0.25) is 5.91 Å². The van der Waals surface area contributed by atoms with Crippen LogP contribution >= 0.6 is 0 Å². The molecule has 0 saturated carbocycles. The van der Waals surface area contributed by atoms with Crippen LogP contribution in [0.5, 0.6) is 5.75 Å². The smallest absolute Gasteiger partial charge is 0.307 e. The number of nitrogens with zero attached hydrogens (tertiary/aromatic N) is 5. The molecule has 1 aromatic carbocycles. The minimum Gasteiger partial charge on any atom is -0.497 e. The standard InChI is InChI=1S/C19H25N5O4/c1-19(2,23-14-16(12-20-23)24(26)27)18(25)22-9-7-21(8-10-22)13-15-5-4-6-17(11-15)28-3/h4-6,11-12,14H,7-10,13H2,1-3H3. The van der Waals surface area contributed by atoms with Crippen LogP contribution in [-0.2, 0) is 16.9 Å². The highest BCUT2D eigenvalue weighted by atomic mass is 16.6. The predicted molar refractivity (Wildman–Crippen MR) is 103 cm³/mol. The van der Waals surface area contributed by atoms with Crippen LogP contribution in [-0.4, -0.2) is 63.7 Å². The summed E-state index contributed by atoms with van der Waals surface area (Å²) in [7, 11) is 1.65. The topological polar surface area (TPSA) is 93.7 Å². The highest BCUT2D eigenvalue weighted by Crippen LogP contribution is 2.22. The van der Waals surface area contributed by atoms with E-state index in [0.29, 0.717) is 13.1 Å². The summed E-state index contributed by atoms with van der Waals surface area (Å²) in [6.45, 7) is 7.00. The zero-order valence-corrected chi connectivity index (χ0v) is 16.4. The second kappa shape index (κ2) is 7.97. The molecule has 150 valence electrons. The molecule has 0 atom stereocenters. The van der Waals surface area contributed by atoms with E-state index in [9.17, 15) is 14.9 Å². The van der Waals surface area contributed by atoms with Gasteiger partial charge in [0.25, 0.3) is 0 Å². The van der Waals surface area contributed by atoms with Crippen LogP contribution in [0.2, 0.25) is 0 Å². The summed E-state index contributed by atoms with van der Waals surface area (Å²) in [6.07, 6.45) is 2.47. The van der Waals surface area contributed by atoms with Crippen molar-refractivity contribution < 1.29 is 14.5 Å². The average molecular weight is 387 g/mol. The van der Waals surface area contributed by atoms with Gasteiger partial charge < -0.3 is 9.64 Å². The SMILES string of the molecule is COc1cccc(CN2CCN(C(=O)C(C)(C)n3cc([N+](=O)[O-])cn3)CC2)c1. The summed E-state index contributed by atoms with van der Waals surface area (Å²) in [4.78, 5) is 27.5. The molecule has 0 unspecified atom stereocenters. The van der Waals surface area contributed by atoms with Crippen LogP contribution in [0, 0.1) is 10.1 Å². The molecule has 9 nitrogen and oxygen atoms in total. The summed E-state index contributed by atoms with van der Waals surface area (Å²) in [5, 5.41) is 14.9. The molecule has 3 rings (SSSR count). The molecular formula is C19H25N5O4. The molecule has 0 aliphatic carbocycles. The number of ether oxygens (including phenoxy) is 1. The van der Waals surface area contributed by atoms with Gasteiger partial charge in [0.15, 0.2) is 0 Å². The first-order valence-electron chi connectivity index (χ1n) is 9.15. The molecule has 1 aliphatic rings. The van der Waals surface area contributed by atoms with Gasteiger partial charge in [-0.2, -0.15) is 5.10 Å². The Labute approximate surface area is 163 Å². The fourth-order valence-electron chi connectivity index (χ4n) is 3.34. The zero-order valence-electron chi connectivity index (χ0n) is 16.4. The summed E-state index contributed by atoms with van der Waals surface area (Å²) in [6, 6.07) is 7.97. The molecule has 9 heteroatoms. The van der Waals surface area contributed by atoms with Gasteiger partial charge in [0, 0.05) is 32.7 Å². The second-order valence-corrected chi connectivity index (χ2v) is 7.38. The lowest BCUT2D eigenvalue weighted by atomic mass is 10.0. The molecule has 1 aromatic heterocycles. The molecule has 1 aliphatic heterocycles. The number of hydrogen-bond donors (Lipinski definition) is 0. The zero-order chi connectivity index (χ0) is 20.3. The van der Waals surface area contributed by atoms with Gasteiger partial charge in [0.05, 0.1) is 12.0 Å². The summed E-state index contributed by atoms with van der Waals surface area (Å²) in [5.41, 5.74) is 0.0655. The number of amides is 1. The Morgan fingerprint density at radius 2 is 2.00 bits per heavy atom. The molecule has 0 spiro atoms. The summed E-state index contributed by atoms with van der Waals surface area (Å²) >= 11 is 0. The molecule has 1 amide bonds. The Hall–Kier alpha value is -2.94. The Bertz CT molecular complexity index is 856. The number of methoxy groups -OCH3 is 1. The highest BCUT2D eigenvalue weighted by Gasteiger charge is 2.36. The van der Waals surface area contributed by atoms with Crippen molar-refractivity contribution in [2.45, 2.75) is 25.9 Å². The lowest BCUT2D eigenvalue weighted by Gasteiger charge is -2.38. The average Bonchev–Trinajstić information content (AvgIpc) is 3.20. The number of nitro groups is 1. The fraction of sp³-hybridized carbons (Fsp3) is 0.474. The van der Waals surface area contributed by atoms with Gasteiger partial charge in [-0.05, 0) is 31.5 Å². The van der Waals surface area contributed by atoms with Crippen LogP contribution in [0.25, 0.3) is 0 Å². The quantitative estimate of drug-likeness (QED) is 0.555. The van der Waals surface area contributed by atoms with Crippen molar-refractivity contribution in [3.63, 3.8) is 0 Å². The van der Waals surface area contributed by atoms with Gasteiger partial charge >= 0.3 is 5.69 Å². The van der Waals surface area contributed by atoms with Gasteiger partial charge in [-0.3, -0.25) is 24.5 Å². The Kier molecular flexibility index (Phi) is 5.64. The largest absolute Gasteiger partial charge is 0.497 e. The number of aromatic nitrogens is 2. The van der Waals surface area contributed by atoms with Crippen molar-refractivity contribution in [2.75, 3.05) is 33.3 Å². The molecular weight excluding hydrogens is 362 g/mol. The van der Waals surface area contributed by atoms with E-state index in [0.717, 1.165) is 25.4 Å². The van der Waals surface area contributed by atoms with Crippen LogP contribution in [0.1, 0.15) is 19.4 Å². The molecule has 2 heterocycles. The minimum atomic E-state index is -0.983. The number of rotatable bonds is 6. The number of piperazine rings is 1. The number of hydrogen-bond acceptors (Lipinski definition) is 6. The maximum absolute atomic E-state index is 13.0. The highest BCUT2D eigenvalue weighted by molar-refractivity contribution is 5.83. The van der Waals surface area contributed by atoms with E-state index in [1.54, 1.807) is 25.9 Å². The lowest BCUT2D eigenvalue weighted by molar-refractivity contribution is -0.385. The third-order valence-corrected chi connectivity index (χ3v) is 5.08. The van der Waals surface area contributed by atoms with Gasteiger partial charge in [-0.25, -0.2) is 0 Å². The molecule has 1 saturated heterocycles. The number of carbonyl (C=O) groups is 1. The Balaban J connectivity index is 1.60. The van der Waals surface area contributed by atoms with Crippen molar-refractivity contribution in [2.24, 2.45) is 0 Å². The fourth-order valence-corrected chi connectivity index (χ4v) is 3.34. The third-order valence-electron chi connectivity index (χ3n) is 5.08. The second-order valence-electron chi connectivity index (χ2n) is 7.38. The number of benzene rings is 1. The van der Waals surface area contributed by atoms with Gasteiger partial charge in [-0.1, -0.05) is 12.1 Å². The Morgan fingerprint density at radius 3 is 2.61 bits per heavy atom.